The van der Waals surface area contributed by atoms with Gasteiger partial charge in [-0.3, -0.25) is 0 Å². The van der Waals surface area contributed by atoms with Crippen molar-refractivity contribution in [3.63, 3.8) is 0 Å². The van der Waals surface area contributed by atoms with Gasteiger partial charge < -0.3 is 0 Å². The number of hydrogen-bond donors (Lipinski definition) is 0. The largest absolute Gasteiger partial charge is 0 e. The van der Waals surface area contributed by atoms with Crippen LogP contribution < -0.4 is 0 Å². The molecule has 0 aromatic rings. The minimum absolute atomic E-state index is 0. The predicted molar refractivity (Wildman–Crippen MR) is 12.2 cm³/mol. The monoisotopic (exact) mass is 385 g/mol. The van der Waals surface area contributed by atoms with Crippen molar-refractivity contribution in [2.24, 2.45) is 0 Å². The van der Waals surface area contributed by atoms with E-state index >= 15 is 0 Å². The van der Waals surface area contributed by atoms with Gasteiger partial charge in [0.25, 0.3) is 0 Å². The van der Waals surface area contributed by atoms with Crippen molar-refractivity contribution in [3.8, 4) is 0 Å². The molecule has 0 aliphatic carbocycles. The van der Waals surface area contributed by atoms with Crippen molar-refractivity contribution in [1.29, 1.82) is 0 Å². The van der Waals surface area contributed by atoms with Crippen LogP contribution in [-0.4, -0.2) is 41.4 Å². The van der Waals surface area contributed by atoms with E-state index in [-0.39, 0.29) is 56.4 Å². The van der Waals surface area contributed by atoms with Crippen molar-refractivity contribution in [1.82, 2.24) is 0 Å². The molecule has 0 aliphatic heterocycles. The third-order valence-corrected chi connectivity index (χ3v) is 0. The molecule has 3 radical (unpaired) electrons. The third kappa shape index (κ3) is 21.6. The van der Waals surface area contributed by atoms with Gasteiger partial charge in [0.1, 0.15) is 0 Å². The van der Waals surface area contributed by atoms with Gasteiger partial charge in [-0.2, -0.15) is 0 Å². The quantitative estimate of drug-likeness (QED) is 0.496. The third-order valence-electron chi connectivity index (χ3n) is 0. The summed E-state index contributed by atoms with van der Waals surface area (Å²) in [4.78, 5) is 0. The molecule has 5 heavy (non-hydrogen) atoms. The smallest absolute Gasteiger partial charge is 0 e. The summed E-state index contributed by atoms with van der Waals surface area (Å²) in [5, 5.41) is 0. The van der Waals surface area contributed by atoms with E-state index in [2.05, 4.69) is 0 Å². The van der Waals surface area contributed by atoms with E-state index in [1.54, 1.807) is 0 Å². The Morgan fingerprint density at radius 1 is 1.20 bits per heavy atom. The van der Waals surface area contributed by atoms with E-state index in [9.17, 15) is 0 Å². The molecule has 0 saturated carbocycles. The summed E-state index contributed by atoms with van der Waals surface area (Å²) in [6.07, 6.45) is 0. The summed E-state index contributed by atoms with van der Waals surface area (Å²) in [5.74, 6) is 0. The van der Waals surface area contributed by atoms with Gasteiger partial charge in [-0.1, -0.05) is 0 Å². The second kappa shape index (κ2) is 32.6. The Morgan fingerprint density at radius 2 is 1.20 bits per heavy atom. The second-order valence-electron chi connectivity index (χ2n) is 0. The first-order valence-electron chi connectivity index (χ1n) is 0.204. The van der Waals surface area contributed by atoms with Crippen molar-refractivity contribution >= 4 is 41.4 Å². The zero-order chi connectivity index (χ0) is 2.00. The Morgan fingerprint density at radius 3 is 1.20 bits per heavy atom. The van der Waals surface area contributed by atoms with Crippen molar-refractivity contribution in [2.75, 3.05) is 0 Å². The molecule has 27 valence electrons. The van der Waals surface area contributed by atoms with E-state index in [0.717, 1.165) is 0 Å². The summed E-state index contributed by atoms with van der Waals surface area (Å²) < 4.78 is 8.34. The van der Waals surface area contributed by atoms with E-state index in [1.807, 2.05) is 0 Å². The number of rotatable bonds is 0. The first-order chi connectivity index (χ1) is 1.00. The van der Waals surface area contributed by atoms with Gasteiger partial charge in [-0.25, -0.2) is 0 Å². The fourth-order valence-corrected chi connectivity index (χ4v) is 0. The molecule has 0 bridgehead atoms. The molecule has 0 aromatic carbocycles. The van der Waals surface area contributed by atoms with Crippen molar-refractivity contribution < 1.29 is 40.6 Å². The Labute approximate surface area is 80.9 Å². The summed E-state index contributed by atoms with van der Waals surface area (Å²) in [7, 11) is 0. The van der Waals surface area contributed by atoms with Gasteiger partial charge in [0.2, 0.25) is 0 Å². The van der Waals surface area contributed by atoms with Gasteiger partial charge in [0.05, 0.1) is 0 Å². The van der Waals surface area contributed by atoms with Crippen LogP contribution in [0.1, 0.15) is 0 Å². The molecule has 0 aromatic heterocycles. The normalized spacial score (nSPS) is 0.800. The topological polar surface area (TPSA) is 17.1 Å². The standard InChI is InChI=1S/Li.Ni.O.Sn.W. The molecule has 5 heteroatoms. The minimum Gasteiger partial charge on any atom is 0 e. The Bertz CT molecular complexity index is 11.6. The predicted octanol–water partition coefficient (Wildman–Crippen LogP) is -0.885. The molecule has 0 N–H and O–H groups in total. The van der Waals surface area contributed by atoms with Gasteiger partial charge in [-0.15, -0.1) is 0 Å². The number of hydrogen-bond acceptors (Lipinski definition) is 1. The minimum atomic E-state index is 0. The molecule has 0 fully saturated rings. The van der Waals surface area contributed by atoms with E-state index < -0.39 is 0 Å². The molecule has 0 spiro atoms. The van der Waals surface area contributed by atoms with Crippen LogP contribution in [-0.2, 0) is 40.6 Å². The fraction of sp³-hybridized carbons (Fsp3) is 0. The van der Waals surface area contributed by atoms with Crippen LogP contribution >= 0.6 is 0 Å². The summed E-state index contributed by atoms with van der Waals surface area (Å²) in [5.41, 5.74) is 0. The maximum Gasteiger partial charge on any atom is 0 e. The molecule has 1 nitrogen and oxygen atoms in total. The first kappa shape index (κ1) is 26.3. The van der Waals surface area contributed by atoms with Crippen LogP contribution in [0, 0.1) is 0 Å². The molecular weight excluding hydrogens is 384 g/mol. The van der Waals surface area contributed by atoms with Gasteiger partial charge in [0.15, 0.2) is 0 Å². The van der Waals surface area contributed by atoms with Crippen molar-refractivity contribution in [3.05, 3.63) is 0 Å². The molecule has 0 amide bonds. The van der Waals surface area contributed by atoms with Crippen LogP contribution in [0.2, 0.25) is 0 Å². The summed E-state index contributed by atoms with van der Waals surface area (Å²) in [6, 6.07) is 0. The molecule has 0 rings (SSSR count). The molecule has 0 saturated heterocycles. The van der Waals surface area contributed by atoms with Gasteiger partial charge >= 0.3 is 25.6 Å². The Kier molecular flexibility index (Phi) is 172. The van der Waals surface area contributed by atoms with Crippen LogP contribution in [0.4, 0.5) is 0 Å². The molecular formula is LiNiOSnW. The average Bonchev–Trinajstić information content (AvgIpc) is 1.00. The maximum absolute atomic E-state index is 8.34. The summed E-state index contributed by atoms with van der Waals surface area (Å²) in [6.45, 7) is 0. The zero-order valence-electron chi connectivity index (χ0n) is 2.63. The molecule has 0 atom stereocenters. The average molecular weight is 384 g/mol. The second-order valence-corrected chi connectivity index (χ2v) is 0. The summed E-state index contributed by atoms with van der Waals surface area (Å²) >= 11 is 0.300. The van der Waals surface area contributed by atoms with Crippen LogP contribution in [0.25, 0.3) is 0 Å². The van der Waals surface area contributed by atoms with Crippen LogP contribution in [0.5, 0.6) is 0 Å². The van der Waals surface area contributed by atoms with E-state index in [0.29, 0.717) is 22.5 Å². The molecule has 0 unspecified atom stereocenters. The van der Waals surface area contributed by atoms with Gasteiger partial charge in [-0.05, 0) is 0 Å². The molecule has 0 heterocycles. The van der Waals surface area contributed by atoms with Gasteiger partial charge in [0, 0.05) is 56.4 Å². The van der Waals surface area contributed by atoms with E-state index in [1.165, 1.54) is 0 Å². The van der Waals surface area contributed by atoms with Crippen molar-refractivity contribution in [2.45, 2.75) is 0 Å². The first-order valence-corrected chi connectivity index (χ1v) is 1.37. The maximum atomic E-state index is 8.34. The zero-order valence-corrected chi connectivity index (χ0v) is 9.41. The Hall–Kier alpha value is 2.38. The SMILES string of the molecule is [Li].[Ni].[O]=[Sn].[W]. The van der Waals surface area contributed by atoms with Crippen LogP contribution in [0.15, 0.2) is 0 Å². The molecule has 0 aliphatic rings. The Balaban J connectivity index is -0.00000000167. The van der Waals surface area contributed by atoms with E-state index in [4.69, 9.17) is 3.08 Å². The van der Waals surface area contributed by atoms with Crippen LogP contribution in [0.3, 0.4) is 0 Å². The fourth-order valence-electron chi connectivity index (χ4n) is 0.